The minimum atomic E-state index is -5.00. The van der Waals surface area contributed by atoms with E-state index in [0.717, 1.165) is 4.90 Å². The maximum absolute atomic E-state index is 14.2. The van der Waals surface area contributed by atoms with E-state index in [1.54, 1.807) is 81.4 Å². The summed E-state index contributed by atoms with van der Waals surface area (Å²) in [6.07, 6.45) is -0.797. The van der Waals surface area contributed by atoms with Gasteiger partial charge >= 0.3 is 23.9 Å². The number of primary amides is 1. The highest BCUT2D eigenvalue weighted by molar-refractivity contribution is 7.99. The molecular formula is C50H69N11O14S2. The number of guanidine groups is 1. The molecule has 3 aromatic rings. The van der Waals surface area contributed by atoms with Gasteiger partial charge in [-0.25, -0.2) is 31.9 Å². The standard InChI is InChI=1S/C30H35N5O7S.C20H34N6O7S/c1-21-13-15-24(16-14-21)43(40,41)35(26(36)25(31)19-22-9-4-2-5-10-22)30(27(37)38,17-8-18-34-29(32)33)28(39)42-20-23-11-6-3-7-12-23;1-11(2)17(18(30)24-12(19(31)32)4-3-8-23-20(22)33)25-13(27)10-16(34-9-7-21)26-14(28)5-6-15(26)29/h2-7,9-16,25H,8,17-20,31H2,1H3,(H,37,38)(H4,32,33,34);11-12,16-17H,3-10,21H2,1-2H3,(H,24,30)(H,25,27)(H,31,32)(H3,22,23,33)/t25-,30-;12-,16?,17-/m00/s1. The summed E-state index contributed by atoms with van der Waals surface area (Å²) in [5.74, 6) is -8.16. The Morgan fingerprint density at radius 1 is 0.857 bits per heavy atom. The molecule has 1 unspecified atom stereocenters. The fourth-order valence-electron chi connectivity index (χ4n) is 7.69. The van der Waals surface area contributed by atoms with Crippen molar-refractivity contribution in [3.63, 3.8) is 0 Å². The zero-order chi connectivity index (χ0) is 57.5. The number of benzene rings is 3. The third-order valence-corrected chi connectivity index (χ3v) is 14.7. The van der Waals surface area contributed by atoms with E-state index < -0.39 is 92.0 Å². The number of thioether (sulfide) groups is 1. The van der Waals surface area contributed by atoms with Crippen LogP contribution in [0.15, 0.2) is 94.8 Å². The lowest BCUT2D eigenvalue weighted by molar-refractivity contribution is -0.173. The van der Waals surface area contributed by atoms with Gasteiger partial charge in [-0.3, -0.25) is 33.9 Å². The van der Waals surface area contributed by atoms with Gasteiger partial charge < -0.3 is 59.6 Å². The van der Waals surface area contributed by atoms with E-state index >= 15 is 0 Å². The Morgan fingerprint density at radius 2 is 1.44 bits per heavy atom. The number of sulfonamides is 1. The molecule has 1 fully saturated rings. The zero-order valence-corrected chi connectivity index (χ0v) is 44.6. The van der Waals surface area contributed by atoms with Crippen molar-refractivity contribution in [3.05, 3.63) is 102 Å². The lowest BCUT2D eigenvalue weighted by atomic mass is 9.92. The Labute approximate surface area is 450 Å². The number of aryl methyl sites for hydroxylation is 1. The van der Waals surface area contributed by atoms with E-state index in [-0.39, 0.29) is 92.6 Å². The van der Waals surface area contributed by atoms with Crippen molar-refractivity contribution in [1.29, 1.82) is 0 Å². The molecule has 5 atom stereocenters. The Balaban J connectivity index is 0.000000418. The predicted octanol–water partition coefficient (Wildman–Crippen LogP) is 0.405. The van der Waals surface area contributed by atoms with E-state index in [0.29, 0.717) is 29.0 Å². The molecule has 1 saturated heterocycles. The summed E-state index contributed by atoms with van der Waals surface area (Å²) >= 11 is 1.21. The highest BCUT2D eigenvalue weighted by atomic mass is 32.2. The lowest BCUT2D eigenvalue weighted by Gasteiger charge is -2.38. The van der Waals surface area contributed by atoms with Crippen LogP contribution in [0.2, 0.25) is 0 Å². The molecule has 1 aliphatic heterocycles. The quantitative estimate of drug-likeness (QED) is 0.0112. The van der Waals surface area contributed by atoms with Gasteiger partial charge in [0.25, 0.3) is 21.5 Å². The highest BCUT2D eigenvalue weighted by Gasteiger charge is 2.60. The number of amides is 7. The Hall–Kier alpha value is -7.62. The number of urea groups is 1. The lowest BCUT2D eigenvalue weighted by Crippen LogP contribution is -2.67. The molecule has 1 aliphatic rings. The number of carboxylic acids is 2. The molecule has 77 heavy (non-hydrogen) atoms. The van der Waals surface area contributed by atoms with Crippen LogP contribution in [0.25, 0.3) is 0 Å². The second kappa shape index (κ2) is 30.8. The molecule has 0 spiro atoms. The molecule has 0 aromatic heterocycles. The summed E-state index contributed by atoms with van der Waals surface area (Å²) in [5, 5.41) is 26.7. The largest absolute Gasteiger partial charge is 0.480 e. The Bertz CT molecular complexity index is 2650. The second-order valence-corrected chi connectivity index (χ2v) is 21.0. The number of carboxylic acid groups (broad SMARTS) is 2. The topological polar surface area (TPSA) is 422 Å². The van der Waals surface area contributed by atoms with Crippen molar-refractivity contribution < 1.29 is 66.5 Å². The molecule has 0 bridgehead atoms. The van der Waals surface area contributed by atoms with E-state index in [1.807, 2.05) is 0 Å². The molecule has 0 radical (unpaired) electrons. The number of rotatable bonds is 29. The third-order valence-electron chi connectivity index (χ3n) is 11.6. The number of hydrogen-bond acceptors (Lipinski definition) is 16. The molecule has 420 valence electrons. The van der Waals surface area contributed by atoms with Crippen LogP contribution in [0.3, 0.4) is 0 Å². The average Bonchev–Trinajstić information content (AvgIpc) is 3.72. The number of imide groups is 1. The number of aliphatic carboxylic acids is 2. The van der Waals surface area contributed by atoms with Gasteiger partial charge in [0.05, 0.1) is 22.7 Å². The molecule has 4 rings (SSSR count). The average molecular weight is 1110 g/mol. The van der Waals surface area contributed by atoms with Gasteiger partial charge in [0.1, 0.15) is 18.7 Å². The van der Waals surface area contributed by atoms with Crippen LogP contribution in [0.1, 0.15) is 75.5 Å². The number of carbonyl (C=O) groups excluding carboxylic acids is 7. The van der Waals surface area contributed by atoms with Gasteiger partial charge in [-0.1, -0.05) is 92.2 Å². The summed E-state index contributed by atoms with van der Waals surface area (Å²) in [7, 11) is -5.00. The summed E-state index contributed by atoms with van der Waals surface area (Å²) in [4.78, 5) is 118. The molecule has 15 N–H and O–H groups in total. The van der Waals surface area contributed by atoms with Gasteiger partial charge in [0, 0.05) is 38.2 Å². The molecule has 0 saturated carbocycles. The Kier molecular flexibility index (Phi) is 25.5. The van der Waals surface area contributed by atoms with E-state index in [4.69, 9.17) is 33.4 Å². The van der Waals surface area contributed by atoms with Crippen LogP contribution < -0.4 is 44.6 Å². The van der Waals surface area contributed by atoms with Crippen molar-refractivity contribution in [2.24, 2.45) is 39.6 Å². The first-order valence-electron chi connectivity index (χ1n) is 24.3. The van der Waals surface area contributed by atoms with Crippen molar-refractivity contribution in [3.8, 4) is 0 Å². The van der Waals surface area contributed by atoms with Gasteiger partial charge in [0.15, 0.2) is 5.96 Å². The number of aliphatic imine (C=N–C) groups is 1. The minimum absolute atomic E-state index is 0.0388. The molecule has 7 amide bonds. The van der Waals surface area contributed by atoms with Gasteiger partial charge in [-0.2, -0.15) is 0 Å². The van der Waals surface area contributed by atoms with Crippen LogP contribution >= 0.6 is 11.8 Å². The second-order valence-electron chi connectivity index (χ2n) is 18.0. The van der Waals surface area contributed by atoms with E-state index in [9.17, 15) is 61.8 Å². The smallest absolute Gasteiger partial charge is 0.345 e. The molecule has 27 heteroatoms. The normalized spacial score (nSPS) is 14.5. The SMILES string of the molecule is CC(C)[C@H](NC(=O)CC(SCCN)N1C(=O)CCC1=O)C(=O)N[C@@H](CCCNC(N)=O)C(=O)O.Cc1ccc(S(=O)(=O)N(C(=O)[C@@H](N)Cc2ccccc2)[C@@](CCCN=C(N)N)(C(=O)O)C(=O)OCc2ccccc2)cc1. The summed E-state index contributed by atoms with van der Waals surface area (Å²) in [6.45, 7) is 4.99. The summed E-state index contributed by atoms with van der Waals surface area (Å²) < 4.78 is 33.9. The maximum Gasteiger partial charge on any atom is 0.345 e. The number of nitrogens with one attached hydrogen (secondary N) is 3. The molecular weight excluding hydrogens is 1040 g/mol. The molecule has 0 aliphatic carbocycles. The van der Waals surface area contributed by atoms with Crippen LogP contribution in [0, 0.1) is 12.8 Å². The van der Waals surface area contributed by atoms with Crippen molar-refractivity contribution in [2.45, 2.75) is 113 Å². The Morgan fingerprint density at radius 3 is 1.96 bits per heavy atom. The number of hydrogen-bond donors (Lipinski definition) is 10. The number of carbonyl (C=O) groups is 9. The summed E-state index contributed by atoms with van der Waals surface area (Å²) in [6, 6.07) is 17.7. The first kappa shape index (κ1) is 63.7. The maximum atomic E-state index is 14.2. The fraction of sp³-hybridized carbons (Fsp3) is 0.440. The van der Waals surface area contributed by atoms with E-state index in [2.05, 4.69) is 20.9 Å². The van der Waals surface area contributed by atoms with Crippen molar-refractivity contribution in [2.75, 3.05) is 25.4 Å². The van der Waals surface area contributed by atoms with Crippen molar-refractivity contribution in [1.82, 2.24) is 25.2 Å². The first-order valence-corrected chi connectivity index (χ1v) is 26.8. The number of likely N-dealkylation sites (tertiary alicyclic amines) is 1. The number of nitrogens with two attached hydrogens (primary N) is 5. The first-order chi connectivity index (χ1) is 36.4. The predicted molar refractivity (Wildman–Crippen MR) is 284 cm³/mol. The van der Waals surface area contributed by atoms with Gasteiger partial charge in [0.2, 0.25) is 23.6 Å². The summed E-state index contributed by atoms with van der Waals surface area (Å²) in [5.41, 5.74) is 26.3. The zero-order valence-electron chi connectivity index (χ0n) is 43.0. The number of nitrogens with zero attached hydrogens (tertiary/aromatic N) is 3. The highest BCUT2D eigenvalue weighted by Crippen LogP contribution is 2.33. The van der Waals surface area contributed by atoms with Crippen LogP contribution in [-0.4, -0.2) is 142 Å². The third kappa shape index (κ3) is 19.2. The number of ether oxygens (including phenoxy) is 1. The molecule has 1 heterocycles. The molecule has 25 nitrogen and oxygen atoms in total. The minimum Gasteiger partial charge on any atom is -0.480 e. The van der Waals surface area contributed by atoms with Gasteiger partial charge in [-0.15, -0.1) is 11.8 Å². The monoisotopic (exact) mass is 1110 g/mol. The fourth-order valence-corrected chi connectivity index (χ4v) is 10.5. The van der Waals surface area contributed by atoms with Crippen LogP contribution in [0.5, 0.6) is 0 Å². The van der Waals surface area contributed by atoms with E-state index in [1.165, 1.54) is 36.0 Å². The molecule has 3 aromatic carbocycles. The van der Waals surface area contributed by atoms with Crippen molar-refractivity contribution >= 4 is 81.2 Å². The van der Waals surface area contributed by atoms with Gasteiger partial charge in [-0.05, 0) is 68.2 Å². The van der Waals surface area contributed by atoms with Crippen LogP contribution in [0.4, 0.5) is 4.79 Å². The number of esters is 1. The van der Waals surface area contributed by atoms with Crippen LogP contribution in [-0.2, 0) is 66.1 Å².